The number of alkyl halides is 3. The summed E-state index contributed by atoms with van der Waals surface area (Å²) in [4.78, 5) is 37.7. The molecular formula is C25H32F4N3O9P. The van der Waals surface area contributed by atoms with Gasteiger partial charge in [0.2, 0.25) is 5.82 Å². The van der Waals surface area contributed by atoms with Gasteiger partial charge in [-0.1, -0.05) is 44.9 Å². The van der Waals surface area contributed by atoms with Crippen LogP contribution in [0.1, 0.15) is 46.3 Å². The first-order valence-electron chi connectivity index (χ1n) is 13.1. The minimum absolute atomic E-state index is 0.0297. The van der Waals surface area contributed by atoms with Crippen LogP contribution in [-0.2, 0) is 23.4 Å². The number of benzene rings is 1. The number of carbonyl (C=O) groups excluding carboxylic acids is 1. The molecule has 6 atom stereocenters. The van der Waals surface area contributed by atoms with Crippen LogP contribution in [0.25, 0.3) is 0 Å². The van der Waals surface area contributed by atoms with Crippen LogP contribution in [0.15, 0.2) is 46.1 Å². The van der Waals surface area contributed by atoms with Gasteiger partial charge in [0.1, 0.15) is 24.1 Å². The van der Waals surface area contributed by atoms with E-state index in [1.54, 1.807) is 11.1 Å². The van der Waals surface area contributed by atoms with Crippen molar-refractivity contribution < 1.29 is 50.5 Å². The van der Waals surface area contributed by atoms with Gasteiger partial charge in [-0.15, -0.1) is 0 Å². The van der Waals surface area contributed by atoms with Crippen molar-refractivity contribution in [1.29, 1.82) is 0 Å². The number of hydrogen-bond donors (Lipinski definition) is 3. The Bertz CT molecular complexity index is 1370. The van der Waals surface area contributed by atoms with Crippen LogP contribution >= 0.6 is 7.75 Å². The first-order valence-corrected chi connectivity index (χ1v) is 14.6. The summed E-state index contributed by atoms with van der Waals surface area (Å²) in [5, 5.41) is 12.6. The number of rotatable bonds is 13. The van der Waals surface area contributed by atoms with E-state index in [1.165, 1.54) is 31.2 Å². The van der Waals surface area contributed by atoms with Crippen LogP contribution < -0.4 is 20.9 Å². The van der Waals surface area contributed by atoms with E-state index in [-0.39, 0.29) is 18.3 Å². The number of aromatic amines is 1. The molecule has 3 rings (SSSR count). The van der Waals surface area contributed by atoms with E-state index in [4.69, 9.17) is 18.5 Å². The Hall–Kier alpha value is -3.04. The molecule has 0 unspecified atom stereocenters. The van der Waals surface area contributed by atoms with Crippen molar-refractivity contribution in [3.8, 4) is 5.75 Å². The van der Waals surface area contributed by atoms with E-state index < -0.39 is 74.0 Å². The topological polar surface area (TPSA) is 158 Å². The Morgan fingerprint density at radius 1 is 1.24 bits per heavy atom. The van der Waals surface area contributed by atoms with Crippen molar-refractivity contribution in [2.24, 2.45) is 5.92 Å². The summed E-state index contributed by atoms with van der Waals surface area (Å²) in [7, 11) is -5.10. The van der Waals surface area contributed by atoms with Gasteiger partial charge < -0.3 is 19.1 Å². The zero-order valence-corrected chi connectivity index (χ0v) is 23.8. The zero-order valence-electron chi connectivity index (χ0n) is 22.9. The van der Waals surface area contributed by atoms with Crippen LogP contribution in [0.2, 0.25) is 0 Å². The Morgan fingerprint density at radius 2 is 1.88 bits per heavy atom. The van der Waals surface area contributed by atoms with Crippen molar-refractivity contribution in [1.82, 2.24) is 14.6 Å². The minimum atomic E-state index is -5.33. The molecule has 3 N–H and O–H groups in total. The molecule has 0 aliphatic carbocycles. The number of ether oxygens (including phenoxy) is 2. The average molecular weight is 626 g/mol. The summed E-state index contributed by atoms with van der Waals surface area (Å²) in [6, 6.07) is 5.56. The van der Waals surface area contributed by atoms with Gasteiger partial charge in [0, 0.05) is 6.42 Å². The highest BCUT2D eigenvalue weighted by atomic mass is 31.2. The predicted molar refractivity (Wildman–Crippen MR) is 139 cm³/mol. The van der Waals surface area contributed by atoms with Gasteiger partial charge in [0.25, 0.3) is 5.56 Å². The molecule has 0 saturated carbocycles. The van der Waals surface area contributed by atoms with Crippen molar-refractivity contribution in [2.75, 3.05) is 6.61 Å². The molecule has 0 bridgehead atoms. The molecule has 234 valence electrons. The number of aliphatic hydroxyl groups excluding tert-OH is 1. The lowest BCUT2D eigenvalue weighted by atomic mass is 10.1. The van der Waals surface area contributed by atoms with Crippen molar-refractivity contribution in [3.63, 3.8) is 0 Å². The molecule has 17 heteroatoms. The van der Waals surface area contributed by atoms with Gasteiger partial charge in [-0.3, -0.25) is 23.7 Å². The number of para-hydroxylation sites is 1. The summed E-state index contributed by atoms with van der Waals surface area (Å²) >= 11 is 0. The SMILES string of the molecule is CCC(CC)COC(=O)[C@H](C)N[P@@](=O)(Oc1ccccc1)O[C@@H]([C@H]1O[C@@H](n2cc(F)c(=O)[nH]c2=O)C[C@@H]1O)C(F)(F)F. The Kier molecular flexibility index (Phi) is 11.1. The lowest BCUT2D eigenvalue weighted by Crippen LogP contribution is -2.48. The first-order chi connectivity index (χ1) is 19.7. The molecule has 42 heavy (non-hydrogen) atoms. The second-order valence-corrected chi connectivity index (χ2v) is 11.3. The number of H-pyrrole nitrogens is 1. The average Bonchev–Trinajstić information content (AvgIpc) is 3.30. The van der Waals surface area contributed by atoms with Gasteiger partial charge in [-0.25, -0.2) is 9.36 Å². The number of aliphatic hydroxyl groups is 1. The predicted octanol–water partition coefficient (Wildman–Crippen LogP) is 3.42. The fourth-order valence-electron chi connectivity index (χ4n) is 4.09. The Morgan fingerprint density at radius 3 is 2.48 bits per heavy atom. The first kappa shape index (κ1) is 33.5. The van der Waals surface area contributed by atoms with Crippen LogP contribution in [0, 0.1) is 11.7 Å². The van der Waals surface area contributed by atoms with Crippen molar-refractivity contribution in [2.45, 2.75) is 76.8 Å². The third-order valence-electron chi connectivity index (χ3n) is 6.53. The van der Waals surface area contributed by atoms with Gasteiger partial charge in [0.15, 0.2) is 6.10 Å². The number of esters is 1. The number of aromatic nitrogens is 2. The molecule has 0 amide bonds. The molecule has 1 aliphatic heterocycles. The third-order valence-corrected chi connectivity index (χ3v) is 8.19. The molecule has 0 spiro atoms. The number of carbonyl (C=O) groups is 1. The molecule has 1 fully saturated rings. The quantitative estimate of drug-likeness (QED) is 0.171. The van der Waals surface area contributed by atoms with Gasteiger partial charge in [0.05, 0.1) is 18.9 Å². The van der Waals surface area contributed by atoms with Crippen LogP contribution in [0.4, 0.5) is 17.6 Å². The highest BCUT2D eigenvalue weighted by Gasteiger charge is 2.56. The third kappa shape index (κ3) is 8.51. The molecule has 2 heterocycles. The Labute approximate surface area is 237 Å². The molecule has 1 aromatic heterocycles. The van der Waals surface area contributed by atoms with Gasteiger partial charge in [-0.2, -0.15) is 22.6 Å². The zero-order chi connectivity index (χ0) is 31.2. The highest BCUT2D eigenvalue weighted by molar-refractivity contribution is 7.52. The molecule has 2 aromatic rings. The smallest absolute Gasteiger partial charge is 0.460 e. The second-order valence-electron chi connectivity index (χ2n) is 9.63. The Balaban J connectivity index is 1.89. The number of nitrogens with zero attached hydrogens (tertiary/aromatic N) is 1. The second kappa shape index (κ2) is 14.0. The van der Waals surface area contributed by atoms with E-state index >= 15 is 0 Å². The number of halogens is 4. The van der Waals surface area contributed by atoms with E-state index in [0.717, 1.165) is 0 Å². The standard InChI is InChI=1S/C25H32F4N3O9P/c1-4-15(5-2)13-38-23(35)14(3)31-42(37,40-16-9-7-6-8-10-16)41-21(25(27,28)29)20-18(33)11-19(39-20)32-12-17(26)22(34)30-24(32)36/h6-10,12,14-15,18-21,33H,4-5,11,13H2,1-3H3,(H,31,37)(H,30,34,36)/t14-,18-,19+,20-,21-,42+/m0/s1. The number of hydrogen-bond acceptors (Lipinski definition) is 9. The summed E-state index contributed by atoms with van der Waals surface area (Å²) in [5.74, 6) is -2.48. The van der Waals surface area contributed by atoms with E-state index in [0.29, 0.717) is 23.6 Å². The van der Waals surface area contributed by atoms with Crippen molar-refractivity contribution in [3.05, 3.63) is 63.2 Å². The summed E-state index contributed by atoms with van der Waals surface area (Å²) < 4.78 is 91.8. The maximum absolute atomic E-state index is 14.3. The lowest BCUT2D eigenvalue weighted by Gasteiger charge is -2.31. The molecule has 1 aromatic carbocycles. The van der Waals surface area contributed by atoms with Crippen LogP contribution in [-0.4, -0.2) is 57.8 Å². The lowest BCUT2D eigenvalue weighted by molar-refractivity contribution is -0.237. The molecule has 12 nitrogen and oxygen atoms in total. The maximum atomic E-state index is 14.3. The van der Waals surface area contributed by atoms with E-state index in [2.05, 4.69) is 5.09 Å². The highest BCUT2D eigenvalue weighted by Crippen LogP contribution is 2.50. The van der Waals surface area contributed by atoms with E-state index in [1.807, 2.05) is 13.8 Å². The maximum Gasteiger partial charge on any atom is 0.460 e. The fraction of sp³-hybridized carbons (Fsp3) is 0.560. The minimum Gasteiger partial charge on any atom is -0.464 e. The largest absolute Gasteiger partial charge is 0.464 e. The molecule has 1 aliphatic rings. The monoisotopic (exact) mass is 625 g/mol. The fourth-order valence-corrected chi connectivity index (χ4v) is 5.76. The van der Waals surface area contributed by atoms with Gasteiger partial charge in [-0.05, 0) is 25.0 Å². The van der Waals surface area contributed by atoms with Crippen LogP contribution in [0.5, 0.6) is 5.75 Å². The number of nitrogens with one attached hydrogen (secondary N) is 2. The molecular weight excluding hydrogens is 593 g/mol. The summed E-state index contributed by atoms with van der Waals surface area (Å²) in [6.45, 7) is 5.01. The van der Waals surface area contributed by atoms with E-state index in [9.17, 15) is 41.6 Å². The van der Waals surface area contributed by atoms with Gasteiger partial charge >= 0.3 is 25.6 Å². The van der Waals surface area contributed by atoms with Crippen LogP contribution in [0.3, 0.4) is 0 Å². The normalized spacial score (nSPS) is 22.0. The molecule has 1 saturated heterocycles. The molecule has 0 radical (unpaired) electrons. The summed E-state index contributed by atoms with van der Waals surface area (Å²) in [6.07, 6.45) is -13.2. The summed E-state index contributed by atoms with van der Waals surface area (Å²) in [5.41, 5.74) is -2.57. The van der Waals surface area contributed by atoms with Crippen molar-refractivity contribution >= 4 is 13.7 Å².